The van der Waals surface area contributed by atoms with Gasteiger partial charge in [-0.25, -0.2) is 4.68 Å². The molecular formula is C13H15N3O3. The number of nitrogens with one attached hydrogen (secondary N) is 1. The van der Waals surface area contributed by atoms with Gasteiger partial charge in [0.15, 0.2) is 0 Å². The maximum absolute atomic E-state index is 12.3. The molecule has 6 heteroatoms. The lowest BCUT2D eigenvalue weighted by Crippen LogP contribution is -2.18. The van der Waals surface area contributed by atoms with Crippen LogP contribution in [0.2, 0.25) is 0 Å². The first-order valence-corrected chi connectivity index (χ1v) is 5.98. The number of aryl methyl sites for hydroxylation is 1. The summed E-state index contributed by atoms with van der Waals surface area (Å²) in [7, 11) is 0. The van der Waals surface area contributed by atoms with Crippen LogP contribution >= 0.6 is 0 Å². The van der Waals surface area contributed by atoms with Gasteiger partial charge >= 0.3 is 0 Å². The Morgan fingerprint density at radius 3 is 2.58 bits per heavy atom. The minimum absolute atomic E-state index is 0.0391. The maximum Gasteiger partial charge on any atom is 0.274 e. The van der Waals surface area contributed by atoms with E-state index in [-0.39, 0.29) is 17.2 Å². The highest BCUT2D eigenvalue weighted by Crippen LogP contribution is 2.18. The fourth-order valence-corrected chi connectivity index (χ4v) is 2.17. The summed E-state index contributed by atoms with van der Waals surface area (Å²) >= 11 is 0. The minimum Gasteiger partial charge on any atom is -0.295 e. The molecule has 1 aromatic heterocycles. The van der Waals surface area contributed by atoms with Crippen molar-refractivity contribution in [2.45, 2.75) is 26.7 Å². The highest BCUT2D eigenvalue weighted by atomic mass is 16.6. The number of benzene rings is 1. The van der Waals surface area contributed by atoms with Crippen molar-refractivity contribution < 1.29 is 4.92 Å². The fraction of sp³-hybridized carbons (Fsp3) is 0.308. The van der Waals surface area contributed by atoms with E-state index in [4.69, 9.17) is 0 Å². The Morgan fingerprint density at radius 1 is 1.37 bits per heavy atom. The van der Waals surface area contributed by atoms with Crippen LogP contribution in [-0.2, 0) is 0 Å². The number of nitro groups is 1. The molecular weight excluding hydrogens is 246 g/mol. The first-order valence-electron chi connectivity index (χ1n) is 5.98. The predicted octanol–water partition coefficient (Wildman–Crippen LogP) is 2.51. The SMILES string of the molecule is Cc1[nH]n(-c2cccc([N+](=O)[O-])c2)c(=O)c1C(C)C. The zero-order valence-electron chi connectivity index (χ0n) is 11.0. The van der Waals surface area contributed by atoms with E-state index in [2.05, 4.69) is 5.10 Å². The van der Waals surface area contributed by atoms with Crippen molar-refractivity contribution in [3.05, 3.63) is 56.0 Å². The van der Waals surface area contributed by atoms with E-state index >= 15 is 0 Å². The largest absolute Gasteiger partial charge is 0.295 e. The molecule has 0 saturated carbocycles. The topological polar surface area (TPSA) is 80.9 Å². The van der Waals surface area contributed by atoms with Crippen LogP contribution in [0.25, 0.3) is 5.69 Å². The average Bonchev–Trinajstić information content (AvgIpc) is 2.65. The summed E-state index contributed by atoms with van der Waals surface area (Å²) in [6, 6.07) is 5.99. The van der Waals surface area contributed by atoms with Gasteiger partial charge in [0.2, 0.25) is 0 Å². The van der Waals surface area contributed by atoms with Crippen molar-refractivity contribution in [2.75, 3.05) is 0 Å². The summed E-state index contributed by atoms with van der Waals surface area (Å²) in [4.78, 5) is 22.6. The standard InChI is InChI=1S/C13H15N3O3/c1-8(2)12-9(3)14-15(13(12)17)10-5-4-6-11(7-10)16(18)19/h4-8,14H,1-3H3. The molecule has 0 fully saturated rings. The monoisotopic (exact) mass is 261 g/mol. The lowest BCUT2D eigenvalue weighted by atomic mass is 10.1. The summed E-state index contributed by atoms with van der Waals surface area (Å²) < 4.78 is 1.34. The van der Waals surface area contributed by atoms with Crippen molar-refractivity contribution in [3.8, 4) is 5.69 Å². The van der Waals surface area contributed by atoms with Gasteiger partial charge in [-0.3, -0.25) is 20.0 Å². The van der Waals surface area contributed by atoms with Gasteiger partial charge in [-0.15, -0.1) is 0 Å². The van der Waals surface area contributed by atoms with E-state index in [1.807, 2.05) is 20.8 Å². The first-order chi connectivity index (χ1) is 8.91. The fourth-order valence-electron chi connectivity index (χ4n) is 2.17. The molecule has 0 aliphatic carbocycles. The molecule has 2 aromatic rings. The Morgan fingerprint density at radius 2 is 2.05 bits per heavy atom. The molecule has 0 amide bonds. The van der Waals surface area contributed by atoms with E-state index in [0.717, 1.165) is 5.69 Å². The maximum atomic E-state index is 12.3. The second-order valence-electron chi connectivity index (χ2n) is 4.72. The number of non-ortho nitro benzene ring substituents is 1. The molecule has 0 aliphatic heterocycles. The van der Waals surface area contributed by atoms with Crippen molar-refractivity contribution in [1.82, 2.24) is 9.78 Å². The van der Waals surface area contributed by atoms with E-state index in [1.54, 1.807) is 12.1 Å². The van der Waals surface area contributed by atoms with Gasteiger partial charge in [0.05, 0.1) is 10.6 Å². The van der Waals surface area contributed by atoms with Gasteiger partial charge in [-0.05, 0) is 18.9 Å². The summed E-state index contributed by atoms with van der Waals surface area (Å²) in [5.41, 5.74) is 1.75. The molecule has 6 nitrogen and oxygen atoms in total. The molecule has 0 spiro atoms. The molecule has 0 radical (unpaired) electrons. The van der Waals surface area contributed by atoms with Gasteiger partial charge in [-0.1, -0.05) is 19.9 Å². The van der Waals surface area contributed by atoms with Crippen molar-refractivity contribution in [3.63, 3.8) is 0 Å². The molecule has 0 unspecified atom stereocenters. The second kappa shape index (κ2) is 4.72. The number of H-pyrrole nitrogens is 1. The Bertz CT molecular complexity index is 683. The normalized spacial score (nSPS) is 10.9. The highest BCUT2D eigenvalue weighted by Gasteiger charge is 2.16. The lowest BCUT2D eigenvalue weighted by Gasteiger charge is -2.01. The second-order valence-corrected chi connectivity index (χ2v) is 4.72. The van der Waals surface area contributed by atoms with Crippen LogP contribution in [0.4, 0.5) is 5.69 Å². The molecule has 1 heterocycles. The van der Waals surface area contributed by atoms with Crippen molar-refractivity contribution in [1.29, 1.82) is 0 Å². The molecule has 100 valence electrons. The number of hydrogen-bond donors (Lipinski definition) is 1. The zero-order valence-corrected chi connectivity index (χ0v) is 11.0. The van der Waals surface area contributed by atoms with Crippen LogP contribution in [0.5, 0.6) is 0 Å². The molecule has 1 N–H and O–H groups in total. The van der Waals surface area contributed by atoms with Crippen LogP contribution in [-0.4, -0.2) is 14.7 Å². The summed E-state index contributed by atoms with van der Waals surface area (Å²) in [5, 5.41) is 13.7. The Balaban J connectivity index is 2.60. The summed E-state index contributed by atoms with van der Waals surface area (Å²) in [6.07, 6.45) is 0. The molecule has 0 aliphatic rings. The van der Waals surface area contributed by atoms with Crippen LogP contribution in [0.3, 0.4) is 0 Å². The number of hydrogen-bond acceptors (Lipinski definition) is 3. The summed E-state index contributed by atoms with van der Waals surface area (Å²) in [5.74, 6) is 0.101. The van der Waals surface area contributed by atoms with Gasteiger partial charge in [0, 0.05) is 23.4 Å². The zero-order chi connectivity index (χ0) is 14.2. The summed E-state index contributed by atoms with van der Waals surface area (Å²) in [6.45, 7) is 5.70. The number of aromatic nitrogens is 2. The first kappa shape index (κ1) is 13.1. The van der Waals surface area contributed by atoms with E-state index < -0.39 is 4.92 Å². The third kappa shape index (κ3) is 2.29. The molecule has 0 bridgehead atoms. The smallest absolute Gasteiger partial charge is 0.274 e. The molecule has 0 atom stereocenters. The molecule has 19 heavy (non-hydrogen) atoms. The average molecular weight is 261 g/mol. The number of rotatable bonds is 3. The van der Waals surface area contributed by atoms with Gasteiger partial charge in [0.1, 0.15) is 0 Å². The Kier molecular flexibility index (Phi) is 3.25. The van der Waals surface area contributed by atoms with Gasteiger partial charge < -0.3 is 0 Å². The number of nitrogens with zero attached hydrogens (tertiary/aromatic N) is 2. The van der Waals surface area contributed by atoms with Gasteiger partial charge in [-0.2, -0.15) is 0 Å². The predicted molar refractivity (Wildman–Crippen MR) is 71.9 cm³/mol. The molecule has 0 saturated heterocycles. The van der Waals surface area contributed by atoms with E-state index in [0.29, 0.717) is 11.3 Å². The van der Waals surface area contributed by atoms with Crippen LogP contribution in [0, 0.1) is 17.0 Å². The molecule has 1 aromatic carbocycles. The van der Waals surface area contributed by atoms with E-state index in [1.165, 1.54) is 16.8 Å². The number of aromatic amines is 1. The highest BCUT2D eigenvalue weighted by molar-refractivity contribution is 5.43. The van der Waals surface area contributed by atoms with Crippen molar-refractivity contribution >= 4 is 5.69 Å². The van der Waals surface area contributed by atoms with Crippen LogP contribution in [0.1, 0.15) is 31.0 Å². The van der Waals surface area contributed by atoms with Crippen molar-refractivity contribution in [2.24, 2.45) is 0 Å². The Hall–Kier alpha value is -2.37. The quantitative estimate of drug-likeness (QED) is 0.680. The Labute approximate surface area is 109 Å². The van der Waals surface area contributed by atoms with Crippen LogP contribution in [0.15, 0.2) is 29.1 Å². The van der Waals surface area contributed by atoms with Crippen LogP contribution < -0.4 is 5.56 Å². The number of nitro benzene ring substituents is 1. The third-order valence-electron chi connectivity index (χ3n) is 2.99. The third-order valence-corrected chi connectivity index (χ3v) is 2.99. The van der Waals surface area contributed by atoms with E-state index in [9.17, 15) is 14.9 Å². The minimum atomic E-state index is -0.478. The lowest BCUT2D eigenvalue weighted by molar-refractivity contribution is -0.384. The van der Waals surface area contributed by atoms with Gasteiger partial charge in [0.25, 0.3) is 11.2 Å². The molecule has 2 rings (SSSR count).